The van der Waals surface area contributed by atoms with Gasteiger partial charge in [-0.3, -0.25) is 0 Å². The van der Waals surface area contributed by atoms with Gasteiger partial charge in [-0.2, -0.15) is 0 Å². The van der Waals surface area contributed by atoms with Crippen LogP contribution in [0.1, 0.15) is 0 Å². The van der Waals surface area contributed by atoms with Crippen LogP contribution < -0.4 is 4.90 Å². The summed E-state index contributed by atoms with van der Waals surface area (Å²) in [4.78, 5) is 7.23. The van der Waals surface area contributed by atoms with Gasteiger partial charge in [0.05, 0.1) is 5.69 Å². The molecule has 11 aromatic rings. The van der Waals surface area contributed by atoms with Gasteiger partial charge in [0.15, 0.2) is 11.2 Å². The quantitative estimate of drug-likeness (QED) is 0.173. The van der Waals surface area contributed by atoms with E-state index in [1.54, 1.807) is 0 Å². The molecule has 54 heavy (non-hydrogen) atoms. The van der Waals surface area contributed by atoms with Gasteiger partial charge in [0.25, 0.3) is 0 Å². The summed E-state index contributed by atoms with van der Waals surface area (Å²) in [7, 11) is 0. The number of benzene rings is 8. The number of fused-ring (bicyclic) bond motifs is 7. The van der Waals surface area contributed by atoms with E-state index in [1.165, 1.54) is 5.56 Å². The fourth-order valence-corrected chi connectivity index (χ4v) is 7.73. The van der Waals surface area contributed by atoms with Gasteiger partial charge in [-0.15, -0.1) is 0 Å². The van der Waals surface area contributed by atoms with Crippen molar-refractivity contribution in [2.75, 3.05) is 4.90 Å². The zero-order valence-corrected chi connectivity index (χ0v) is 28.9. The van der Waals surface area contributed by atoms with Gasteiger partial charge in [-0.1, -0.05) is 109 Å². The number of nitrogens with zero attached hydrogens (tertiary/aromatic N) is 2. The Morgan fingerprint density at radius 1 is 0.370 bits per heavy atom. The molecular formula is C49H30N2O3. The molecule has 254 valence electrons. The van der Waals surface area contributed by atoms with E-state index in [-0.39, 0.29) is 0 Å². The summed E-state index contributed by atoms with van der Waals surface area (Å²) in [5.41, 5.74) is 13.2. The molecule has 0 unspecified atom stereocenters. The Labute approximate surface area is 309 Å². The summed E-state index contributed by atoms with van der Waals surface area (Å²) in [6, 6.07) is 62.7. The Hall–Kier alpha value is -7.37. The van der Waals surface area contributed by atoms with E-state index in [1.807, 2.05) is 60.7 Å². The molecule has 0 spiro atoms. The third-order valence-electron chi connectivity index (χ3n) is 10.3. The summed E-state index contributed by atoms with van der Waals surface area (Å²) in [6.07, 6.45) is 0. The first-order valence-electron chi connectivity index (χ1n) is 18.0. The SMILES string of the molecule is c1ccc(-c2ccc(N(c3ccc4oc5ccccc5c4c3)c3cccc4c3oc3ccc(-c5cccc6oc(-c7ccccc7)nc56)cc34)cc2)cc1. The molecule has 0 saturated heterocycles. The van der Waals surface area contributed by atoms with E-state index in [0.29, 0.717) is 5.89 Å². The van der Waals surface area contributed by atoms with Crippen LogP contribution in [0.15, 0.2) is 195 Å². The van der Waals surface area contributed by atoms with E-state index in [4.69, 9.17) is 18.2 Å². The second-order valence-electron chi connectivity index (χ2n) is 13.5. The van der Waals surface area contributed by atoms with Gasteiger partial charge in [0.2, 0.25) is 5.89 Å². The first-order chi connectivity index (χ1) is 26.7. The normalized spacial score (nSPS) is 11.7. The molecule has 0 aliphatic heterocycles. The molecule has 5 heteroatoms. The number of rotatable bonds is 6. The Bertz CT molecular complexity index is 3160. The van der Waals surface area contributed by atoms with Crippen molar-refractivity contribution in [1.82, 2.24) is 4.98 Å². The standard InChI is InChI=1S/C49H30N2O3/c1-3-11-31(12-4-1)32-21-24-35(25-22-32)51(36-26-28-44-41(30-36)38-15-7-8-19-43(38)52-44)42-18-9-17-39-40-29-34(23-27-45(40)53-48(39)42)37-16-10-20-46-47(37)50-49(54-46)33-13-5-2-6-14-33/h1-30H. The maximum atomic E-state index is 6.79. The number of aromatic nitrogens is 1. The number of para-hydroxylation sites is 3. The van der Waals surface area contributed by atoms with Gasteiger partial charge >= 0.3 is 0 Å². The topological polar surface area (TPSA) is 55.6 Å². The highest BCUT2D eigenvalue weighted by Gasteiger charge is 2.22. The van der Waals surface area contributed by atoms with Crippen molar-refractivity contribution >= 4 is 72.0 Å². The summed E-state index contributed by atoms with van der Waals surface area (Å²) in [6.45, 7) is 0. The van der Waals surface area contributed by atoms with Crippen molar-refractivity contribution in [2.24, 2.45) is 0 Å². The average molecular weight is 695 g/mol. The lowest BCUT2D eigenvalue weighted by Crippen LogP contribution is -2.10. The largest absolute Gasteiger partial charge is 0.456 e. The third-order valence-corrected chi connectivity index (χ3v) is 10.3. The minimum atomic E-state index is 0.607. The van der Waals surface area contributed by atoms with Gasteiger partial charge in [-0.05, 0) is 89.5 Å². The Morgan fingerprint density at radius 3 is 1.83 bits per heavy atom. The number of anilines is 3. The molecule has 0 radical (unpaired) electrons. The number of oxazole rings is 1. The molecule has 0 aliphatic rings. The lowest BCUT2D eigenvalue weighted by Gasteiger charge is -2.26. The molecule has 0 amide bonds. The van der Waals surface area contributed by atoms with Gasteiger partial charge in [0, 0.05) is 44.0 Å². The van der Waals surface area contributed by atoms with E-state index < -0.39 is 0 Å². The predicted molar refractivity (Wildman–Crippen MR) is 220 cm³/mol. The second kappa shape index (κ2) is 12.1. The molecular weight excluding hydrogens is 665 g/mol. The van der Waals surface area contributed by atoms with E-state index in [0.717, 1.165) is 94.3 Å². The van der Waals surface area contributed by atoms with Crippen LogP contribution >= 0.6 is 0 Å². The van der Waals surface area contributed by atoms with Crippen LogP contribution in [0, 0.1) is 0 Å². The Balaban J connectivity index is 1.08. The Morgan fingerprint density at radius 2 is 0.981 bits per heavy atom. The molecule has 3 aromatic heterocycles. The van der Waals surface area contributed by atoms with Gasteiger partial charge < -0.3 is 18.2 Å². The fraction of sp³-hybridized carbons (Fsp3) is 0. The van der Waals surface area contributed by atoms with Crippen molar-refractivity contribution in [3.8, 4) is 33.7 Å². The summed E-state index contributed by atoms with van der Waals surface area (Å²) < 4.78 is 19.2. The summed E-state index contributed by atoms with van der Waals surface area (Å²) >= 11 is 0. The van der Waals surface area contributed by atoms with Gasteiger partial charge in [0.1, 0.15) is 22.3 Å². The van der Waals surface area contributed by atoms with Crippen LogP contribution in [0.5, 0.6) is 0 Å². The third kappa shape index (κ3) is 4.90. The van der Waals surface area contributed by atoms with Crippen LogP contribution in [0.4, 0.5) is 17.1 Å². The molecule has 0 fully saturated rings. The molecule has 0 bridgehead atoms. The van der Waals surface area contributed by atoms with Crippen molar-refractivity contribution < 1.29 is 13.3 Å². The monoisotopic (exact) mass is 694 g/mol. The van der Waals surface area contributed by atoms with Crippen LogP contribution in [0.3, 0.4) is 0 Å². The molecule has 3 heterocycles. The smallest absolute Gasteiger partial charge is 0.227 e. The first-order valence-corrected chi connectivity index (χ1v) is 18.0. The molecule has 0 aliphatic carbocycles. The molecule has 0 saturated carbocycles. The molecule has 11 rings (SSSR count). The maximum Gasteiger partial charge on any atom is 0.227 e. The lowest BCUT2D eigenvalue weighted by molar-refractivity contribution is 0.620. The van der Waals surface area contributed by atoms with Crippen LogP contribution in [-0.2, 0) is 0 Å². The van der Waals surface area contributed by atoms with Crippen LogP contribution in [0.2, 0.25) is 0 Å². The van der Waals surface area contributed by atoms with Gasteiger partial charge in [-0.25, -0.2) is 4.98 Å². The predicted octanol–water partition coefficient (Wildman–Crippen LogP) is 14.1. The Kier molecular flexibility index (Phi) is 6.79. The van der Waals surface area contributed by atoms with Crippen LogP contribution in [-0.4, -0.2) is 4.98 Å². The molecule has 0 N–H and O–H groups in total. The zero-order valence-electron chi connectivity index (χ0n) is 28.9. The maximum absolute atomic E-state index is 6.79. The average Bonchev–Trinajstić information content (AvgIpc) is 3.95. The number of hydrogen-bond donors (Lipinski definition) is 0. The van der Waals surface area contributed by atoms with Crippen molar-refractivity contribution in [1.29, 1.82) is 0 Å². The summed E-state index contributed by atoms with van der Waals surface area (Å²) in [5, 5.41) is 4.21. The van der Waals surface area contributed by atoms with E-state index in [2.05, 4.69) is 126 Å². The number of hydrogen-bond acceptors (Lipinski definition) is 5. The van der Waals surface area contributed by atoms with Crippen LogP contribution in [0.25, 0.3) is 88.7 Å². The second-order valence-corrected chi connectivity index (χ2v) is 13.5. The molecule has 5 nitrogen and oxygen atoms in total. The summed E-state index contributed by atoms with van der Waals surface area (Å²) in [5.74, 6) is 0.607. The molecule has 0 atom stereocenters. The van der Waals surface area contributed by atoms with E-state index >= 15 is 0 Å². The molecule has 8 aromatic carbocycles. The highest BCUT2D eigenvalue weighted by Crippen LogP contribution is 2.45. The van der Waals surface area contributed by atoms with E-state index in [9.17, 15) is 0 Å². The number of furan rings is 2. The highest BCUT2D eigenvalue weighted by molar-refractivity contribution is 6.12. The van der Waals surface area contributed by atoms with Crippen molar-refractivity contribution in [3.63, 3.8) is 0 Å². The van der Waals surface area contributed by atoms with Crippen molar-refractivity contribution in [3.05, 3.63) is 182 Å². The fourth-order valence-electron chi connectivity index (χ4n) is 7.73. The van der Waals surface area contributed by atoms with Crippen molar-refractivity contribution in [2.45, 2.75) is 0 Å². The lowest BCUT2D eigenvalue weighted by atomic mass is 10.0. The first kappa shape index (κ1) is 30.3. The zero-order chi connectivity index (χ0) is 35.6. The minimum Gasteiger partial charge on any atom is -0.456 e. The minimum absolute atomic E-state index is 0.607. The highest BCUT2D eigenvalue weighted by atomic mass is 16.3.